The lowest BCUT2D eigenvalue weighted by molar-refractivity contribution is -0.532. The summed E-state index contributed by atoms with van der Waals surface area (Å²) in [6.07, 6.45) is 1.99. The zero-order chi connectivity index (χ0) is 8.49. The van der Waals surface area contributed by atoms with Gasteiger partial charge in [0.25, 0.3) is 0 Å². The lowest BCUT2D eigenvalue weighted by Crippen LogP contribution is -2.11. The highest BCUT2D eigenvalue weighted by Gasteiger charge is 1.96. The van der Waals surface area contributed by atoms with Gasteiger partial charge in [-0.05, 0) is 6.42 Å². The normalized spacial score (nSPS) is 24.0. The van der Waals surface area contributed by atoms with Gasteiger partial charge in [-0.15, -0.1) is 0 Å². The predicted molar refractivity (Wildman–Crippen MR) is 39.0 cm³/mol. The maximum absolute atomic E-state index is 4.85. The van der Waals surface area contributed by atoms with Crippen LogP contribution >= 0.6 is 0 Å². The van der Waals surface area contributed by atoms with Gasteiger partial charge in [0.05, 0.1) is 26.4 Å². The standard InChI is InChI=1S/C4H8O2.C3H6O3/c1-2-5-4-6-3-1;1-2-4-6-5-3-1/h1-4H2;1-3H2. The fraction of sp³-hybridized carbons (Fsp3) is 1.00. The van der Waals surface area contributed by atoms with E-state index in [1.54, 1.807) is 0 Å². The van der Waals surface area contributed by atoms with Crippen molar-refractivity contribution >= 4 is 0 Å². The Bertz CT molecular complexity index is 54.8. The first-order valence-corrected chi connectivity index (χ1v) is 4.07. The Hall–Kier alpha value is -0.200. The highest BCUT2D eigenvalue weighted by molar-refractivity contribution is 4.34. The van der Waals surface area contributed by atoms with Crippen molar-refractivity contribution in [2.45, 2.75) is 12.8 Å². The van der Waals surface area contributed by atoms with Crippen LogP contribution in [0.4, 0.5) is 0 Å². The molecule has 2 aliphatic rings. The summed E-state index contributed by atoms with van der Waals surface area (Å²) in [4.78, 5) is 8.69. The first-order valence-electron chi connectivity index (χ1n) is 4.07. The van der Waals surface area contributed by atoms with E-state index in [9.17, 15) is 0 Å². The molecule has 0 spiro atoms. The minimum absolute atomic E-state index is 0.500. The topological polar surface area (TPSA) is 46.2 Å². The van der Waals surface area contributed by atoms with Gasteiger partial charge in [-0.3, -0.25) is 0 Å². The third kappa shape index (κ3) is 5.45. The van der Waals surface area contributed by atoms with E-state index in [0.717, 1.165) is 26.1 Å². The molecule has 2 saturated heterocycles. The van der Waals surface area contributed by atoms with Crippen molar-refractivity contribution in [3.63, 3.8) is 0 Å². The van der Waals surface area contributed by atoms with E-state index in [-0.39, 0.29) is 0 Å². The lowest BCUT2D eigenvalue weighted by Gasteiger charge is -2.09. The van der Waals surface area contributed by atoms with E-state index < -0.39 is 0 Å². The Balaban J connectivity index is 0.000000120. The highest BCUT2D eigenvalue weighted by atomic mass is 17.5. The third-order valence-electron chi connectivity index (χ3n) is 1.30. The molecule has 5 nitrogen and oxygen atoms in total. The molecule has 0 bridgehead atoms. The van der Waals surface area contributed by atoms with Gasteiger partial charge in [0.2, 0.25) is 0 Å². The molecule has 0 aromatic heterocycles. The van der Waals surface area contributed by atoms with Gasteiger partial charge in [0.1, 0.15) is 6.79 Å². The second kappa shape index (κ2) is 7.45. The first kappa shape index (κ1) is 9.88. The largest absolute Gasteiger partial charge is 0.355 e. The van der Waals surface area contributed by atoms with E-state index in [1.165, 1.54) is 0 Å². The molecule has 2 heterocycles. The van der Waals surface area contributed by atoms with Gasteiger partial charge >= 0.3 is 0 Å². The molecular formula is C7H14O5. The molecule has 0 N–H and O–H groups in total. The maximum atomic E-state index is 4.85. The Kier molecular flexibility index (Phi) is 6.14. The molecule has 0 aromatic carbocycles. The van der Waals surface area contributed by atoms with Crippen LogP contribution in [0.15, 0.2) is 0 Å². The van der Waals surface area contributed by atoms with Gasteiger partial charge in [0.15, 0.2) is 0 Å². The van der Waals surface area contributed by atoms with Gasteiger partial charge in [-0.1, -0.05) is 5.04 Å². The molecule has 0 radical (unpaired) electrons. The Labute approximate surface area is 71.3 Å². The van der Waals surface area contributed by atoms with Gasteiger partial charge in [-0.2, -0.15) is 0 Å². The van der Waals surface area contributed by atoms with E-state index in [1.807, 2.05) is 0 Å². The summed E-state index contributed by atoms with van der Waals surface area (Å²) < 4.78 is 9.69. The average Bonchev–Trinajstić information content (AvgIpc) is 2.24. The fourth-order valence-electron chi connectivity index (χ4n) is 0.719. The molecule has 2 fully saturated rings. The zero-order valence-electron chi connectivity index (χ0n) is 6.99. The van der Waals surface area contributed by atoms with Crippen LogP contribution in [0.1, 0.15) is 12.8 Å². The van der Waals surface area contributed by atoms with Crippen molar-refractivity contribution < 1.29 is 24.3 Å². The van der Waals surface area contributed by atoms with Crippen LogP contribution in [-0.4, -0.2) is 33.2 Å². The number of ether oxygens (including phenoxy) is 2. The second-order valence-electron chi connectivity index (χ2n) is 2.35. The second-order valence-corrected chi connectivity index (χ2v) is 2.35. The van der Waals surface area contributed by atoms with Crippen molar-refractivity contribution in [3.8, 4) is 0 Å². The predicted octanol–water partition coefficient (Wildman–Crippen LogP) is 0.651. The van der Waals surface area contributed by atoms with Crippen molar-refractivity contribution in [1.82, 2.24) is 0 Å². The third-order valence-corrected chi connectivity index (χ3v) is 1.30. The van der Waals surface area contributed by atoms with Gasteiger partial charge in [-0.25, -0.2) is 9.78 Å². The van der Waals surface area contributed by atoms with Crippen molar-refractivity contribution in [3.05, 3.63) is 0 Å². The Morgan fingerprint density at radius 2 is 1.25 bits per heavy atom. The molecule has 0 unspecified atom stereocenters. The fourth-order valence-corrected chi connectivity index (χ4v) is 0.719. The van der Waals surface area contributed by atoms with E-state index in [2.05, 4.69) is 14.8 Å². The van der Waals surface area contributed by atoms with Crippen LogP contribution in [0.3, 0.4) is 0 Å². The maximum Gasteiger partial charge on any atom is 0.146 e. The lowest BCUT2D eigenvalue weighted by atomic mass is 10.5. The molecule has 0 atom stereocenters. The molecule has 0 amide bonds. The quantitative estimate of drug-likeness (QED) is 0.510. The Morgan fingerprint density at radius 1 is 0.667 bits per heavy atom. The molecule has 2 aliphatic heterocycles. The molecule has 5 heteroatoms. The summed E-state index contributed by atoms with van der Waals surface area (Å²) in [6.45, 7) is 3.56. The summed E-state index contributed by atoms with van der Waals surface area (Å²) >= 11 is 0. The van der Waals surface area contributed by atoms with E-state index in [0.29, 0.717) is 20.0 Å². The highest BCUT2D eigenvalue weighted by Crippen LogP contribution is 1.93. The zero-order valence-corrected chi connectivity index (χ0v) is 6.99. The monoisotopic (exact) mass is 178 g/mol. The van der Waals surface area contributed by atoms with Crippen molar-refractivity contribution in [1.29, 1.82) is 0 Å². The van der Waals surface area contributed by atoms with Crippen LogP contribution in [0, 0.1) is 0 Å². The summed E-state index contributed by atoms with van der Waals surface area (Å²) in [5, 5.41) is 4.07. The SMILES string of the molecule is C1COCOC1.C1COOOC1. The van der Waals surface area contributed by atoms with Crippen molar-refractivity contribution in [2.24, 2.45) is 0 Å². The van der Waals surface area contributed by atoms with Crippen molar-refractivity contribution in [2.75, 3.05) is 33.2 Å². The molecular weight excluding hydrogens is 164 g/mol. The first-order chi connectivity index (χ1) is 6.00. The summed E-state index contributed by atoms with van der Waals surface area (Å²) in [5.74, 6) is 0. The number of hydrogen-bond acceptors (Lipinski definition) is 5. The smallest absolute Gasteiger partial charge is 0.146 e. The number of hydrogen-bond donors (Lipinski definition) is 0. The summed E-state index contributed by atoms with van der Waals surface area (Å²) in [6, 6.07) is 0. The molecule has 0 aromatic rings. The summed E-state index contributed by atoms with van der Waals surface area (Å²) in [5.41, 5.74) is 0. The molecule has 12 heavy (non-hydrogen) atoms. The van der Waals surface area contributed by atoms with Crippen LogP contribution in [-0.2, 0) is 24.3 Å². The van der Waals surface area contributed by atoms with Crippen LogP contribution < -0.4 is 0 Å². The Morgan fingerprint density at radius 3 is 1.42 bits per heavy atom. The number of rotatable bonds is 0. The minimum Gasteiger partial charge on any atom is -0.355 e. The van der Waals surface area contributed by atoms with Crippen LogP contribution in [0.25, 0.3) is 0 Å². The molecule has 0 aliphatic carbocycles. The minimum atomic E-state index is 0.500. The molecule has 0 saturated carbocycles. The molecule has 72 valence electrons. The summed E-state index contributed by atoms with van der Waals surface area (Å²) in [7, 11) is 0. The van der Waals surface area contributed by atoms with Crippen LogP contribution in [0.5, 0.6) is 0 Å². The van der Waals surface area contributed by atoms with Gasteiger partial charge in [0, 0.05) is 6.42 Å². The van der Waals surface area contributed by atoms with E-state index in [4.69, 9.17) is 9.47 Å². The van der Waals surface area contributed by atoms with Gasteiger partial charge < -0.3 is 9.47 Å². The van der Waals surface area contributed by atoms with E-state index >= 15 is 0 Å². The van der Waals surface area contributed by atoms with Crippen LogP contribution in [0.2, 0.25) is 0 Å². The average molecular weight is 178 g/mol. The molecule has 2 rings (SSSR count).